The number of rotatable bonds is 9. The highest BCUT2D eigenvalue weighted by Crippen LogP contribution is 2.21. The Hall–Kier alpha value is -2.24. The first kappa shape index (κ1) is 18.1. The fourth-order valence-electron chi connectivity index (χ4n) is 3.07. The molecule has 0 fully saturated rings. The predicted octanol–water partition coefficient (Wildman–Crippen LogP) is 2.05. The highest BCUT2D eigenvalue weighted by molar-refractivity contribution is 6.19. The first-order chi connectivity index (χ1) is 11.4. The lowest BCUT2D eigenvalue weighted by atomic mass is 10.0. The molecule has 0 saturated heterocycles. The van der Waals surface area contributed by atoms with Crippen LogP contribution in [0.15, 0.2) is 22.3 Å². The Bertz CT molecular complexity index is 587. The number of hydrogen-bond acceptors (Lipinski definition) is 4. The van der Waals surface area contributed by atoms with Gasteiger partial charge in [0.1, 0.15) is 0 Å². The van der Waals surface area contributed by atoms with Gasteiger partial charge in [-0.2, -0.15) is 0 Å². The Morgan fingerprint density at radius 1 is 0.542 bits per heavy atom. The zero-order valence-electron chi connectivity index (χ0n) is 14.3. The van der Waals surface area contributed by atoms with E-state index in [9.17, 15) is 19.2 Å². The first-order valence-corrected chi connectivity index (χ1v) is 8.52. The Morgan fingerprint density at radius 3 is 1.17 bits per heavy atom. The predicted molar refractivity (Wildman–Crippen MR) is 88.6 cm³/mol. The van der Waals surface area contributed by atoms with E-state index in [2.05, 4.69) is 10.6 Å². The normalized spacial score (nSPS) is 17.9. The summed E-state index contributed by atoms with van der Waals surface area (Å²) in [4.78, 5) is 45.8. The van der Waals surface area contributed by atoms with Crippen LogP contribution >= 0.6 is 0 Å². The van der Waals surface area contributed by atoms with E-state index in [0.29, 0.717) is 35.1 Å². The largest absolute Gasteiger partial charge is 0.289 e. The molecule has 4 amide bonds. The second kappa shape index (κ2) is 8.04. The van der Waals surface area contributed by atoms with Crippen LogP contribution < -0.4 is 10.6 Å². The van der Waals surface area contributed by atoms with Crippen molar-refractivity contribution in [1.29, 1.82) is 0 Å². The van der Waals surface area contributed by atoms with E-state index in [1.165, 1.54) is 0 Å². The molecule has 0 unspecified atom stereocenters. The van der Waals surface area contributed by atoms with Crippen molar-refractivity contribution in [2.24, 2.45) is 0 Å². The summed E-state index contributed by atoms with van der Waals surface area (Å²) in [6.45, 7) is 3.38. The molecule has 130 valence electrons. The third-order valence-corrected chi connectivity index (χ3v) is 4.69. The van der Waals surface area contributed by atoms with E-state index in [4.69, 9.17) is 0 Å². The molecule has 0 saturated carbocycles. The van der Waals surface area contributed by atoms with Gasteiger partial charge >= 0.3 is 0 Å². The summed E-state index contributed by atoms with van der Waals surface area (Å²) in [5, 5.41) is 4.62. The molecule has 0 aromatic carbocycles. The smallest absolute Gasteiger partial charge is 0.254 e. The van der Waals surface area contributed by atoms with Gasteiger partial charge in [0, 0.05) is 22.3 Å². The van der Waals surface area contributed by atoms with Gasteiger partial charge in [-0.05, 0) is 39.5 Å². The number of amides is 4. The summed E-state index contributed by atoms with van der Waals surface area (Å²) >= 11 is 0. The number of carbonyl (C=O) groups excluding carboxylic acids is 4. The van der Waals surface area contributed by atoms with Crippen LogP contribution in [0.5, 0.6) is 0 Å². The van der Waals surface area contributed by atoms with Crippen molar-refractivity contribution in [2.45, 2.75) is 65.2 Å². The summed E-state index contributed by atoms with van der Waals surface area (Å²) in [5.74, 6) is -1.03. The molecule has 0 spiro atoms. The van der Waals surface area contributed by atoms with Crippen LogP contribution in [0.4, 0.5) is 0 Å². The fourth-order valence-corrected chi connectivity index (χ4v) is 3.07. The lowest BCUT2D eigenvalue weighted by molar-refractivity contribution is -0.125. The molecule has 0 atom stereocenters. The Balaban J connectivity index is 1.57. The molecule has 0 bridgehead atoms. The topological polar surface area (TPSA) is 92.3 Å². The minimum Gasteiger partial charge on any atom is -0.289 e. The number of unbranched alkanes of at least 4 members (excludes halogenated alkanes) is 5. The van der Waals surface area contributed by atoms with Crippen LogP contribution in [0.2, 0.25) is 0 Å². The molecule has 2 N–H and O–H groups in total. The highest BCUT2D eigenvalue weighted by Gasteiger charge is 2.26. The zero-order chi connectivity index (χ0) is 17.7. The van der Waals surface area contributed by atoms with Crippen LogP contribution in [0.3, 0.4) is 0 Å². The molecular formula is C18H24N2O4. The van der Waals surface area contributed by atoms with E-state index in [1.54, 1.807) is 13.8 Å². The van der Waals surface area contributed by atoms with Gasteiger partial charge in [-0.1, -0.05) is 25.7 Å². The molecule has 2 aliphatic rings. The Kier molecular flexibility index (Phi) is 6.06. The fraction of sp³-hybridized carbons (Fsp3) is 0.556. The summed E-state index contributed by atoms with van der Waals surface area (Å²) in [7, 11) is 0. The van der Waals surface area contributed by atoms with Crippen molar-refractivity contribution in [3.8, 4) is 0 Å². The highest BCUT2D eigenvalue weighted by atomic mass is 16.2. The van der Waals surface area contributed by atoms with Gasteiger partial charge in [0.15, 0.2) is 0 Å². The molecule has 6 heteroatoms. The molecule has 2 heterocycles. The maximum atomic E-state index is 11.6. The molecule has 24 heavy (non-hydrogen) atoms. The van der Waals surface area contributed by atoms with Gasteiger partial charge in [0.2, 0.25) is 0 Å². The minimum atomic E-state index is -0.269. The summed E-state index contributed by atoms with van der Waals surface area (Å²) in [5.41, 5.74) is 2.35. The van der Waals surface area contributed by atoms with Crippen molar-refractivity contribution in [1.82, 2.24) is 10.6 Å². The van der Waals surface area contributed by atoms with Crippen molar-refractivity contribution in [2.75, 3.05) is 0 Å². The molecule has 2 aliphatic heterocycles. The van der Waals surface area contributed by atoms with Gasteiger partial charge in [-0.3, -0.25) is 29.8 Å². The SMILES string of the molecule is CC1=C(CCCCCCCCC2=C(C)C(=O)NC2=O)C(=O)NC1=O. The molecule has 2 rings (SSSR count). The number of carbonyl (C=O) groups is 4. The van der Waals surface area contributed by atoms with Crippen LogP contribution in [0.25, 0.3) is 0 Å². The average Bonchev–Trinajstić information content (AvgIpc) is 2.91. The zero-order valence-corrected chi connectivity index (χ0v) is 14.3. The van der Waals surface area contributed by atoms with Gasteiger partial charge in [-0.15, -0.1) is 0 Å². The molecule has 6 nitrogen and oxygen atoms in total. The standard InChI is InChI=1S/C18H24N2O4/c1-11-13(17(23)19-15(11)21)9-7-5-3-4-6-8-10-14-12(2)16(22)20-18(14)24/h3-10H2,1-2H3,(H,19,21,23)(H,20,22,24). The van der Waals surface area contributed by atoms with Crippen molar-refractivity contribution < 1.29 is 19.2 Å². The maximum Gasteiger partial charge on any atom is 0.254 e. The van der Waals surface area contributed by atoms with Crippen LogP contribution in [-0.2, 0) is 19.2 Å². The van der Waals surface area contributed by atoms with Crippen LogP contribution in [-0.4, -0.2) is 23.6 Å². The second-order valence-corrected chi connectivity index (χ2v) is 6.39. The van der Waals surface area contributed by atoms with Gasteiger partial charge in [0.25, 0.3) is 23.6 Å². The lowest BCUT2D eigenvalue weighted by Gasteiger charge is -2.03. The Labute approximate surface area is 141 Å². The molecular weight excluding hydrogens is 308 g/mol. The second-order valence-electron chi connectivity index (χ2n) is 6.39. The third-order valence-electron chi connectivity index (χ3n) is 4.69. The van der Waals surface area contributed by atoms with E-state index in [1.807, 2.05) is 0 Å². The van der Waals surface area contributed by atoms with Gasteiger partial charge in [-0.25, -0.2) is 0 Å². The monoisotopic (exact) mass is 332 g/mol. The quantitative estimate of drug-likeness (QED) is 0.499. The van der Waals surface area contributed by atoms with Crippen LogP contribution in [0, 0.1) is 0 Å². The number of imide groups is 2. The third kappa shape index (κ3) is 4.19. The van der Waals surface area contributed by atoms with Gasteiger partial charge < -0.3 is 0 Å². The minimum absolute atomic E-state index is 0.245. The maximum absolute atomic E-state index is 11.6. The number of nitrogens with one attached hydrogen (secondary N) is 2. The van der Waals surface area contributed by atoms with E-state index in [0.717, 1.165) is 38.5 Å². The lowest BCUT2D eigenvalue weighted by Crippen LogP contribution is -2.22. The van der Waals surface area contributed by atoms with E-state index >= 15 is 0 Å². The van der Waals surface area contributed by atoms with Crippen molar-refractivity contribution in [3.63, 3.8) is 0 Å². The van der Waals surface area contributed by atoms with E-state index in [-0.39, 0.29) is 23.6 Å². The Morgan fingerprint density at radius 2 is 0.875 bits per heavy atom. The van der Waals surface area contributed by atoms with E-state index < -0.39 is 0 Å². The molecule has 0 aromatic rings. The average molecular weight is 332 g/mol. The van der Waals surface area contributed by atoms with Crippen molar-refractivity contribution >= 4 is 23.6 Å². The molecule has 0 radical (unpaired) electrons. The summed E-state index contributed by atoms with van der Waals surface area (Å²) in [6, 6.07) is 0. The molecule has 0 aromatic heterocycles. The van der Waals surface area contributed by atoms with Crippen molar-refractivity contribution in [3.05, 3.63) is 22.3 Å². The summed E-state index contributed by atoms with van der Waals surface area (Å²) in [6.07, 6.45) is 7.24. The first-order valence-electron chi connectivity index (χ1n) is 8.52. The molecule has 0 aliphatic carbocycles. The summed E-state index contributed by atoms with van der Waals surface area (Å²) < 4.78 is 0. The number of hydrogen-bond donors (Lipinski definition) is 2. The van der Waals surface area contributed by atoms with Gasteiger partial charge in [0.05, 0.1) is 0 Å². The van der Waals surface area contributed by atoms with Crippen LogP contribution in [0.1, 0.15) is 65.2 Å².